The van der Waals surface area contributed by atoms with Crippen molar-refractivity contribution in [1.29, 1.82) is 0 Å². The minimum absolute atomic E-state index is 0.0874. The number of rotatable bonds is 4. The summed E-state index contributed by atoms with van der Waals surface area (Å²) in [7, 11) is 0. The quantitative estimate of drug-likeness (QED) is 0.848. The third-order valence-corrected chi connectivity index (χ3v) is 2.27. The van der Waals surface area contributed by atoms with Crippen molar-refractivity contribution in [3.63, 3.8) is 0 Å². The van der Waals surface area contributed by atoms with E-state index in [-0.39, 0.29) is 5.56 Å². The smallest absolute Gasteiger partial charge is 0.253 e. The average molecular weight is 215 g/mol. The van der Waals surface area contributed by atoms with E-state index in [1.807, 2.05) is 30.3 Å². The van der Waals surface area contributed by atoms with Crippen LogP contribution in [0.1, 0.15) is 11.1 Å². The van der Waals surface area contributed by atoms with E-state index < -0.39 is 0 Å². The molecule has 3 heteroatoms. The van der Waals surface area contributed by atoms with Crippen molar-refractivity contribution >= 4 is 0 Å². The van der Waals surface area contributed by atoms with Gasteiger partial charge in [-0.2, -0.15) is 0 Å². The van der Waals surface area contributed by atoms with Gasteiger partial charge in [0.05, 0.1) is 13.2 Å². The van der Waals surface area contributed by atoms with Crippen molar-refractivity contribution in [1.82, 2.24) is 4.98 Å². The molecule has 2 rings (SSSR count). The number of hydrogen-bond acceptors (Lipinski definition) is 2. The molecule has 16 heavy (non-hydrogen) atoms. The number of H-pyrrole nitrogens is 1. The molecule has 1 N–H and O–H groups in total. The van der Waals surface area contributed by atoms with E-state index in [9.17, 15) is 4.79 Å². The van der Waals surface area contributed by atoms with Crippen LogP contribution in [0.2, 0.25) is 0 Å². The number of hydrogen-bond donors (Lipinski definition) is 1. The molecule has 3 nitrogen and oxygen atoms in total. The molecule has 1 aromatic carbocycles. The zero-order chi connectivity index (χ0) is 11.2. The van der Waals surface area contributed by atoms with Gasteiger partial charge in [-0.05, 0) is 17.7 Å². The molecule has 0 amide bonds. The highest BCUT2D eigenvalue weighted by Crippen LogP contribution is 2.02. The van der Waals surface area contributed by atoms with E-state index in [2.05, 4.69) is 4.98 Å². The lowest BCUT2D eigenvalue weighted by Gasteiger charge is -2.03. The minimum atomic E-state index is -0.0874. The second kappa shape index (κ2) is 5.28. The van der Waals surface area contributed by atoms with Crippen LogP contribution in [0, 0.1) is 0 Å². The Morgan fingerprint density at radius 2 is 1.81 bits per heavy atom. The monoisotopic (exact) mass is 215 g/mol. The maximum Gasteiger partial charge on any atom is 0.253 e. The van der Waals surface area contributed by atoms with Gasteiger partial charge in [0.15, 0.2) is 0 Å². The first kappa shape index (κ1) is 10.6. The summed E-state index contributed by atoms with van der Waals surface area (Å²) in [5, 5.41) is 0. The number of ether oxygens (including phenoxy) is 1. The van der Waals surface area contributed by atoms with Gasteiger partial charge in [0, 0.05) is 11.8 Å². The summed E-state index contributed by atoms with van der Waals surface area (Å²) in [6.45, 7) is 0.861. The summed E-state index contributed by atoms with van der Waals surface area (Å²) in [4.78, 5) is 13.9. The van der Waals surface area contributed by atoms with Crippen molar-refractivity contribution in [3.8, 4) is 0 Å². The number of aromatic amines is 1. The van der Waals surface area contributed by atoms with Crippen molar-refractivity contribution in [2.75, 3.05) is 0 Å². The van der Waals surface area contributed by atoms with E-state index >= 15 is 0 Å². The summed E-state index contributed by atoms with van der Waals surface area (Å²) in [5.41, 5.74) is 1.67. The lowest BCUT2D eigenvalue weighted by atomic mass is 10.2. The van der Waals surface area contributed by atoms with Gasteiger partial charge in [0.1, 0.15) is 0 Å². The van der Waals surface area contributed by atoms with Crippen LogP contribution in [-0.4, -0.2) is 4.98 Å². The molecule has 0 spiro atoms. The van der Waals surface area contributed by atoms with Gasteiger partial charge in [0.2, 0.25) is 0 Å². The van der Waals surface area contributed by atoms with Gasteiger partial charge in [-0.15, -0.1) is 0 Å². The highest BCUT2D eigenvalue weighted by molar-refractivity contribution is 5.13. The van der Waals surface area contributed by atoms with Crippen molar-refractivity contribution in [2.24, 2.45) is 0 Å². The van der Waals surface area contributed by atoms with Gasteiger partial charge in [-0.1, -0.05) is 30.3 Å². The highest BCUT2D eigenvalue weighted by atomic mass is 16.5. The number of pyridine rings is 1. The fraction of sp³-hybridized carbons (Fsp3) is 0.154. The lowest BCUT2D eigenvalue weighted by Crippen LogP contribution is -2.12. The molecule has 2 aromatic rings. The standard InChI is InChI=1S/C13H13NO2/c15-13-12(7-4-8-14-13)10-16-9-11-5-2-1-3-6-11/h1-8H,9-10H2,(H,14,15). The van der Waals surface area contributed by atoms with Gasteiger partial charge in [-0.25, -0.2) is 0 Å². The van der Waals surface area contributed by atoms with E-state index in [0.29, 0.717) is 18.8 Å². The average Bonchev–Trinajstić information content (AvgIpc) is 2.33. The van der Waals surface area contributed by atoms with Gasteiger partial charge in [0.25, 0.3) is 5.56 Å². The Bertz CT molecular complexity index is 491. The second-order valence-electron chi connectivity index (χ2n) is 3.50. The van der Waals surface area contributed by atoms with Crippen LogP contribution in [0.15, 0.2) is 53.5 Å². The Morgan fingerprint density at radius 1 is 1.00 bits per heavy atom. The molecule has 0 atom stereocenters. The molecule has 0 aliphatic carbocycles. The summed E-state index contributed by atoms with van der Waals surface area (Å²) < 4.78 is 5.47. The zero-order valence-electron chi connectivity index (χ0n) is 8.85. The van der Waals surface area contributed by atoms with Crippen molar-refractivity contribution < 1.29 is 4.74 Å². The Morgan fingerprint density at radius 3 is 2.56 bits per heavy atom. The topological polar surface area (TPSA) is 42.1 Å². The molecular formula is C13H13NO2. The fourth-order valence-electron chi connectivity index (χ4n) is 1.42. The molecule has 0 saturated heterocycles. The third-order valence-electron chi connectivity index (χ3n) is 2.27. The predicted molar refractivity (Wildman–Crippen MR) is 62.0 cm³/mol. The van der Waals surface area contributed by atoms with Crippen LogP contribution in [0.3, 0.4) is 0 Å². The normalized spacial score (nSPS) is 10.2. The van der Waals surface area contributed by atoms with Gasteiger partial charge >= 0.3 is 0 Å². The molecule has 0 unspecified atom stereocenters. The zero-order valence-corrected chi connectivity index (χ0v) is 8.85. The minimum Gasteiger partial charge on any atom is -0.372 e. The molecule has 0 bridgehead atoms. The third kappa shape index (κ3) is 2.81. The summed E-state index contributed by atoms with van der Waals surface area (Å²) in [6.07, 6.45) is 1.61. The maximum atomic E-state index is 11.3. The summed E-state index contributed by atoms with van der Waals surface area (Å²) in [5.74, 6) is 0. The van der Waals surface area contributed by atoms with Crippen LogP contribution in [-0.2, 0) is 18.0 Å². The van der Waals surface area contributed by atoms with Crippen LogP contribution in [0.25, 0.3) is 0 Å². The molecule has 82 valence electrons. The van der Waals surface area contributed by atoms with E-state index in [1.54, 1.807) is 18.3 Å². The number of nitrogens with one attached hydrogen (secondary N) is 1. The van der Waals surface area contributed by atoms with Crippen LogP contribution >= 0.6 is 0 Å². The van der Waals surface area contributed by atoms with Gasteiger partial charge < -0.3 is 9.72 Å². The molecule has 0 aliphatic heterocycles. The predicted octanol–water partition coefficient (Wildman–Crippen LogP) is 2.09. The van der Waals surface area contributed by atoms with Gasteiger partial charge in [-0.3, -0.25) is 4.79 Å². The van der Waals surface area contributed by atoms with E-state index in [1.165, 1.54) is 0 Å². The van der Waals surface area contributed by atoms with Crippen molar-refractivity contribution in [2.45, 2.75) is 13.2 Å². The van der Waals surface area contributed by atoms with Crippen molar-refractivity contribution in [3.05, 3.63) is 70.1 Å². The summed E-state index contributed by atoms with van der Waals surface area (Å²) in [6, 6.07) is 13.4. The SMILES string of the molecule is O=c1[nH]cccc1COCc1ccccc1. The van der Waals surface area contributed by atoms with E-state index in [4.69, 9.17) is 4.74 Å². The number of benzene rings is 1. The first-order chi connectivity index (χ1) is 7.86. The Hall–Kier alpha value is -1.87. The van der Waals surface area contributed by atoms with E-state index in [0.717, 1.165) is 5.56 Å². The lowest BCUT2D eigenvalue weighted by molar-refractivity contribution is 0.106. The largest absolute Gasteiger partial charge is 0.372 e. The molecule has 0 aliphatic rings. The molecular weight excluding hydrogens is 202 g/mol. The fourth-order valence-corrected chi connectivity index (χ4v) is 1.42. The molecule has 1 heterocycles. The first-order valence-corrected chi connectivity index (χ1v) is 5.14. The molecule has 0 saturated carbocycles. The highest BCUT2D eigenvalue weighted by Gasteiger charge is 1.98. The Labute approximate surface area is 93.7 Å². The Balaban J connectivity index is 1.90. The second-order valence-corrected chi connectivity index (χ2v) is 3.50. The van der Waals surface area contributed by atoms with Crippen LogP contribution < -0.4 is 5.56 Å². The molecule has 0 fully saturated rings. The number of aromatic nitrogens is 1. The first-order valence-electron chi connectivity index (χ1n) is 5.14. The molecule has 1 aromatic heterocycles. The molecule has 0 radical (unpaired) electrons. The van der Waals surface area contributed by atoms with Crippen LogP contribution in [0.4, 0.5) is 0 Å². The maximum absolute atomic E-state index is 11.3. The summed E-state index contributed by atoms with van der Waals surface area (Å²) >= 11 is 0. The van der Waals surface area contributed by atoms with Crippen LogP contribution in [0.5, 0.6) is 0 Å². The Kier molecular flexibility index (Phi) is 3.51.